The SMILES string of the molecule is O=C(Cc1ccc(-n2cnnn2)cc1)N1CCN(CC=Cc2ccccc2)CC1. The molecule has 0 radical (unpaired) electrons. The van der Waals surface area contributed by atoms with Crippen molar-refractivity contribution >= 4 is 12.0 Å². The normalized spacial score (nSPS) is 15.1. The third-order valence-corrected chi connectivity index (χ3v) is 5.10. The molecule has 1 aromatic heterocycles. The fourth-order valence-electron chi connectivity index (χ4n) is 3.41. The molecule has 0 unspecified atom stereocenters. The van der Waals surface area contributed by atoms with E-state index in [0.29, 0.717) is 6.42 Å². The van der Waals surface area contributed by atoms with Crippen LogP contribution in [-0.4, -0.2) is 68.6 Å². The van der Waals surface area contributed by atoms with Crippen LogP contribution in [0.3, 0.4) is 0 Å². The molecular formula is C22H24N6O. The van der Waals surface area contributed by atoms with E-state index in [-0.39, 0.29) is 5.91 Å². The molecule has 4 rings (SSSR count). The molecule has 7 nitrogen and oxygen atoms in total. The van der Waals surface area contributed by atoms with E-state index in [9.17, 15) is 4.79 Å². The van der Waals surface area contributed by atoms with E-state index in [2.05, 4.69) is 44.7 Å². The molecule has 29 heavy (non-hydrogen) atoms. The van der Waals surface area contributed by atoms with Crippen molar-refractivity contribution in [2.45, 2.75) is 6.42 Å². The van der Waals surface area contributed by atoms with E-state index in [4.69, 9.17) is 0 Å². The van der Waals surface area contributed by atoms with Gasteiger partial charge in [-0.2, -0.15) is 0 Å². The first-order valence-electron chi connectivity index (χ1n) is 9.82. The molecule has 2 heterocycles. The van der Waals surface area contributed by atoms with Gasteiger partial charge in [0.1, 0.15) is 6.33 Å². The number of hydrogen-bond acceptors (Lipinski definition) is 5. The van der Waals surface area contributed by atoms with E-state index < -0.39 is 0 Å². The van der Waals surface area contributed by atoms with Crippen molar-refractivity contribution in [1.29, 1.82) is 0 Å². The summed E-state index contributed by atoms with van der Waals surface area (Å²) in [6, 6.07) is 18.1. The van der Waals surface area contributed by atoms with Crippen molar-refractivity contribution in [3.05, 3.63) is 78.1 Å². The molecule has 1 aliphatic rings. The lowest BCUT2D eigenvalue weighted by atomic mass is 10.1. The summed E-state index contributed by atoms with van der Waals surface area (Å²) < 4.78 is 1.59. The molecule has 0 spiro atoms. The number of carbonyl (C=O) groups is 1. The third-order valence-electron chi connectivity index (χ3n) is 5.10. The number of aromatic nitrogens is 4. The highest BCUT2D eigenvalue weighted by atomic mass is 16.2. The van der Waals surface area contributed by atoms with Gasteiger partial charge >= 0.3 is 0 Å². The lowest BCUT2D eigenvalue weighted by Gasteiger charge is -2.34. The minimum atomic E-state index is 0.180. The Balaban J connectivity index is 1.23. The van der Waals surface area contributed by atoms with Gasteiger partial charge in [-0.3, -0.25) is 9.69 Å². The Bertz CT molecular complexity index is 929. The second-order valence-electron chi connectivity index (χ2n) is 7.09. The lowest BCUT2D eigenvalue weighted by Crippen LogP contribution is -2.49. The molecule has 3 aromatic rings. The van der Waals surface area contributed by atoms with Crippen molar-refractivity contribution < 1.29 is 4.79 Å². The number of rotatable bonds is 6. The zero-order chi connectivity index (χ0) is 19.9. The number of amides is 1. The maximum Gasteiger partial charge on any atom is 0.227 e. The predicted molar refractivity (Wildman–Crippen MR) is 111 cm³/mol. The monoisotopic (exact) mass is 388 g/mol. The number of benzene rings is 2. The number of tetrazole rings is 1. The van der Waals surface area contributed by atoms with Crippen LogP contribution >= 0.6 is 0 Å². The predicted octanol–water partition coefficient (Wildman–Crippen LogP) is 2.06. The van der Waals surface area contributed by atoms with E-state index in [1.54, 1.807) is 11.0 Å². The number of nitrogens with zero attached hydrogens (tertiary/aromatic N) is 6. The molecule has 1 saturated heterocycles. The van der Waals surface area contributed by atoms with Crippen molar-refractivity contribution in [3.63, 3.8) is 0 Å². The van der Waals surface area contributed by atoms with Crippen molar-refractivity contribution in [2.75, 3.05) is 32.7 Å². The van der Waals surface area contributed by atoms with Crippen molar-refractivity contribution in [3.8, 4) is 5.69 Å². The van der Waals surface area contributed by atoms with Gasteiger partial charge in [0.15, 0.2) is 0 Å². The summed E-state index contributed by atoms with van der Waals surface area (Å²) in [5.74, 6) is 0.180. The van der Waals surface area contributed by atoms with Crippen LogP contribution in [-0.2, 0) is 11.2 Å². The van der Waals surface area contributed by atoms with Gasteiger partial charge in [0.25, 0.3) is 0 Å². The van der Waals surface area contributed by atoms with E-state index in [1.807, 2.05) is 47.4 Å². The van der Waals surface area contributed by atoms with Gasteiger partial charge in [-0.05, 0) is 33.7 Å². The fraction of sp³-hybridized carbons (Fsp3) is 0.273. The van der Waals surface area contributed by atoms with Gasteiger partial charge in [0.2, 0.25) is 5.91 Å². The summed E-state index contributed by atoms with van der Waals surface area (Å²) in [5, 5.41) is 11.1. The molecule has 1 amide bonds. The number of carbonyl (C=O) groups excluding carboxylic acids is 1. The molecule has 1 fully saturated rings. The molecule has 0 bridgehead atoms. The highest BCUT2D eigenvalue weighted by Crippen LogP contribution is 2.11. The number of hydrogen-bond donors (Lipinski definition) is 0. The molecule has 0 N–H and O–H groups in total. The Morgan fingerprint density at radius 1 is 0.966 bits per heavy atom. The van der Waals surface area contributed by atoms with E-state index >= 15 is 0 Å². The maximum atomic E-state index is 12.6. The topological polar surface area (TPSA) is 67.2 Å². The van der Waals surface area contributed by atoms with E-state index in [1.165, 1.54) is 5.56 Å². The number of piperazine rings is 1. The fourth-order valence-corrected chi connectivity index (χ4v) is 3.41. The second-order valence-corrected chi connectivity index (χ2v) is 7.09. The minimum absolute atomic E-state index is 0.180. The first kappa shape index (κ1) is 19.0. The summed E-state index contributed by atoms with van der Waals surface area (Å²) in [5.41, 5.74) is 3.09. The first-order valence-corrected chi connectivity index (χ1v) is 9.82. The van der Waals surface area contributed by atoms with Gasteiger partial charge in [-0.15, -0.1) is 5.10 Å². The molecule has 1 aliphatic heterocycles. The van der Waals surface area contributed by atoms with Gasteiger partial charge in [0.05, 0.1) is 12.1 Å². The molecule has 0 saturated carbocycles. The Kier molecular flexibility index (Phi) is 6.07. The van der Waals surface area contributed by atoms with Crippen LogP contribution in [0.25, 0.3) is 11.8 Å². The highest BCUT2D eigenvalue weighted by molar-refractivity contribution is 5.79. The summed E-state index contributed by atoms with van der Waals surface area (Å²) in [6.07, 6.45) is 6.31. The van der Waals surface area contributed by atoms with Crippen LogP contribution in [0, 0.1) is 0 Å². The Hall–Kier alpha value is -3.32. The van der Waals surface area contributed by atoms with Crippen LogP contribution < -0.4 is 0 Å². The first-order chi connectivity index (χ1) is 14.3. The summed E-state index contributed by atoms with van der Waals surface area (Å²) >= 11 is 0. The van der Waals surface area contributed by atoms with Crippen molar-refractivity contribution in [1.82, 2.24) is 30.0 Å². The zero-order valence-electron chi connectivity index (χ0n) is 16.3. The molecule has 7 heteroatoms. The second kappa shape index (κ2) is 9.25. The quantitative estimate of drug-likeness (QED) is 0.647. The minimum Gasteiger partial charge on any atom is -0.340 e. The largest absolute Gasteiger partial charge is 0.340 e. The van der Waals surface area contributed by atoms with Gasteiger partial charge in [-0.1, -0.05) is 54.6 Å². The third kappa shape index (κ3) is 5.14. The van der Waals surface area contributed by atoms with Gasteiger partial charge in [0, 0.05) is 32.7 Å². The Morgan fingerprint density at radius 3 is 2.41 bits per heavy atom. The Labute approximate surface area is 170 Å². The molecule has 2 aromatic carbocycles. The van der Waals surface area contributed by atoms with Crippen LogP contribution in [0.1, 0.15) is 11.1 Å². The average Bonchev–Trinajstić information content (AvgIpc) is 3.30. The smallest absolute Gasteiger partial charge is 0.227 e. The van der Waals surface area contributed by atoms with Gasteiger partial charge in [-0.25, -0.2) is 4.68 Å². The van der Waals surface area contributed by atoms with Crippen molar-refractivity contribution in [2.24, 2.45) is 0 Å². The maximum absolute atomic E-state index is 12.6. The molecule has 0 aliphatic carbocycles. The van der Waals surface area contributed by atoms with Crippen LogP contribution in [0.2, 0.25) is 0 Å². The van der Waals surface area contributed by atoms with Crippen LogP contribution in [0.5, 0.6) is 0 Å². The molecular weight excluding hydrogens is 364 g/mol. The standard InChI is InChI=1S/C22H24N6O/c29-22(17-20-8-10-21(11-9-20)28-18-23-24-25-28)27-15-13-26(14-16-27)12-4-7-19-5-2-1-3-6-19/h1-11,18H,12-17H2. The molecule has 0 atom stereocenters. The van der Waals surface area contributed by atoms with E-state index in [0.717, 1.165) is 44.0 Å². The Morgan fingerprint density at radius 2 is 1.72 bits per heavy atom. The molecule has 148 valence electrons. The average molecular weight is 388 g/mol. The van der Waals surface area contributed by atoms with Gasteiger partial charge < -0.3 is 4.90 Å². The summed E-state index contributed by atoms with van der Waals surface area (Å²) in [7, 11) is 0. The van der Waals surface area contributed by atoms with Crippen LogP contribution in [0.4, 0.5) is 0 Å². The highest BCUT2D eigenvalue weighted by Gasteiger charge is 2.20. The van der Waals surface area contributed by atoms with Crippen LogP contribution in [0.15, 0.2) is 67.0 Å². The summed E-state index contributed by atoms with van der Waals surface area (Å²) in [4.78, 5) is 17.0. The lowest BCUT2D eigenvalue weighted by molar-refractivity contribution is -0.132. The zero-order valence-corrected chi connectivity index (χ0v) is 16.3. The summed E-state index contributed by atoms with van der Waals surface area (Å²) in [6.45, 7) is 4.28.